The van der Waals surface area contributed by atoms with Crippen LogP contribution in [-0.2, 0) is 0 Å². The number of fused-ring (bicyclic) bond motifs is 1. The first kappa shape index (κ1) is 14.4. The Morgan fingerprint density at radius 1 is 1.20 bits per heavy atom. The molecule has 0 saturated heterocycles. The van der Waals surface area contributed by atoms with Crippen LogP contribution in [0.25, 0.3) is 10.9 Å². The van der Waals surface area contributed by atoms with Crippen molar-refractivity contribution < 1.29 is 19.4 Å². The van der Waals surface area contributed by atoms with Crippen LogP contribution in [0.2, 0.25) is 5.02 Å². The van der Waals surface area contributed by atoms with Gasteiger partial charge in [0, 0.05) is 11.5 Å². The number of pyridine rings is 1. The number of rotatable bonds is 5. The molecule has 1 heterocycles. The largest absolute Gasteiger partial charge is 0.490 e. The average Bonchev–Trinajstić information content (AvgIpc) is 2.40. The first-order valence-electron chi connectivity index (χ1n) is 6.20. The van der Waals surface area contributed by atoms with Crippen molar-refractivity contribution in [3.05, 3.63) is 28.9 Å². The minimum atomic E-state index is -1.12. The normalized spacial score (nSPS) is 10.6. The van der Waals surface area contributed by atoms with Gasteiger partial charge in [0.2, 0.25) is 0 Å². The Kier molecular flexibility index (Phi) is 4.29. The summed E-state index contributed by atoms with van der Waals surface area (Å²) < 4.78 is 11.0. The average molecular weight is 296 g/mol. The van der Waals surface area contributed by atoms with Gasteiger partial charge in [0.15, 0.2) is 11.5 Å². The van der Waals surface area contributed by atoms with Gasteiger partial charge in [0.1, 0.15) is 5.69 Å². The van der Waals surface area contributed by atoms with Crippen molar-refractivity contribution in [2.45, 2.75) is 13.8 Å². The highest BCUT2D eigenvalue weighted by Gasteiger charge is 2.14. The fourth-order valence-corrected chi connectivity index (χ4v) is 2.09. The van der Waals surface area contributed by atoms with Crippen molar-refractivity contribution in [3.63, 3.8) is 0 Å². The van der Waals surface area contributed by atoms with E-state index in [1.807, 2.05) is 13.8 Å². The van der Waals surface area contributed by atoms with E-state index in [1.165, 1.54) is 6.07 Å². The van der Waals surface area contributed by atoms with Crippen LogP contribution < -0.4 is 9.47 Å². The Labute approximate surface area is 121 Å². The molecule has 1 N–H and O–H groups in total. The number of aromatic nitrogens is 1. The Balaban J connectivity index is 2.66. The molecule has 0 aliphatic heterocycles. The topological polar surface area (TPSA) is 68.7 Å². The molecule has 0 atom stereocenters. The van der Waals surface area contributed by atoms with Crippen molar-refractivity contribution in [1.82, 2.24) is 4.98 Å². The Bertz CT molecular complexity index is 657. The zero-order chi connectivity index (χ0) is 14.7. The lowest BCUT2D eigenvalue weighted by Crippen LogP contribution is -2.02. The van der Waals surface area contributed by atoms with Gasteiger partial charge >= 0.3 is 5.97 Å². The van der Waals surface area contributed by atoms with Crippen LogP contribution in [0.5, 0.6) is 11.5 Å². The Morgan fingerprint density at radius 2 is 1.80 bits per heavy atom. The minimum Gasteiger partial charge on any atom is -0.490 e. The number of aromatic carboxylic acids is 1. The molecule has 0 aliphatic carbocycles. The molecule has 20 heavy (non-hydrogen) atoms. The maximum Gasteiger partial charge on any atom is 0.354 e. The molecule has 1 aromatic carbocycles. The van der Waals surface area contributed by atoms with Gasteiger partial charge in [-0.1, -0.05) is 11.6 Å². The molecule has 106 valence electrons. The predicted octanol–water partition coefficient (Wildman–Crippen LogP) is 3.38. The van der Waals surface area contributed by atoms with E-state index < -0.39 is 5.97 Å². The third kappa shape index (κ3) is 2.77. The molecule has 6 heteroatoms. The molecule has 0 unspecified atom stereocenters. The molecule has 0 saturated carbocycles. The molecule has 0 amide bonds. The van der Waals surface area contributed by atoms with Crippen LogP contribution in [-0.4, -0.2) is 29.3 Å². The van der Waals surface area contributed by atoms with Crippen molar-refractivity contribution in [2.24, 2.45) is 0 Å². The smallest absolute Gasteiger partial charge is 0.354 e. The highest BCUT2D eigenvalue weighted by molar-refractivity contribution is 6.35. The zero-order valence-corrected chi connectivity index (χ0v) is 11.9. The van der Waals surface area contributed by atoms with E-state index in [0.717, 1.165) is 0 Å². The molecule has 5 nitrogen and oxygen atoms in total. The van der Waals surface area contributed by atoms with Crippen LogP contribution in [0.4, 0.5) is 0 Å². The Morgan fingerprint density at radius 3 is 2.35 bits per heavy atom. The van der Waals surface area contributed by atoms with Gasteiger partial charge in [0.25, 0.3) is 0 Å². The van der Waals surface area contributed by atoms with Crippen molar-refractivity contribution in [2.75, 3.05) is 13.2 Å². The number of ether oxygens (including phenoxy) is 2. The summed E-state index contributed by atoms with van der Waals surface area (Å²) in [6, 6.07) is 4.68. The van der Waals surface area contributed by atoms with E-state index >= 15 is 0 Å². The molecule has 0 bridgehead atoms. The van der Waals surface area contributed by atoms with Crippen molar-refractivity contribution >= 4 is 28.5 Å². The molecule has 2 aromatic rings. The first-order valence-corrected chi connectivity index (χ1v) is 6.57. The summed E-state index contributed by atoms with van der Waals surface area (Å²) >= 11 is 6.11. The number of carboxylic acid groups (broad SMARTS) is 1. The summed E-state index contributed by atoms with van der Waals surface area (Å²) in [6.07, 6.45) is 0. The highest BCUT2D eigenvalue weighted by atomic mass is 35.5. The van der Waals surface area contributed by atoms with Crippen LogP contribution in [0.1, 0.15) is 24.3 Å². The molecule has 0 spiro atoms. The quantitative estimate of drug-likeness (QED) is 0.915. The number of hydrogen-bond acceptors (Lipinski definition) is 4. The van der Waals surface area contributed by atoms with Crippen LogP contribution in [0.15, 0.2) is 18.2 Å². The number of halogens is 1. The van der Waals surface area contributed by atoms with Crippen molar-refractivity contribution in [3.8, 4) is 11.5 Å². The summed E-state index contributed by atoms with van der Waals surface area (Å²) in [5.74, 6) is -0.0396. The lowest BCUT2D eigenvalue weighted by atomic mass is 10.1. The van der Waals surface area contributed by atoms with E-state index in [-0.39, 0.29) is 5.69 Å². The molecule has 0 fully saturated rings. The third-order valence-corrected chi connectivity index (χ3v) is 2.96. The van der Waals surface area contributed by atoms with Gasteiger partial charge in [-0.05, 0) is 26.0 Å². The summed E-state index contributed by atoms with van der Waals surface area (Å²) in [4.78, 5) is 15.1. The summed E-state index contributed by atoms with van der Waals surface area (Å²) in [5, 5.41) is 9.95. The van der Waals surface area contributed by atoms with Gasteiger partial charge in [-0.2, -0.15) is 0 Å². The second kappa shape index (κ2) is 5.96. The second-order valence-electron chi connectivity index (χ2n) is 3.98. The summed E-state index contributed by atoms with van der Waals surface area (Å²) in [6.45, 7) is 4.68. The zero-order valence-electron chi connectivity index (χ0n) is 11.1. The van der Waals surface area contributed by atoms with Gasteiger partial charge in [-0.25, -0.2) is 9.78 Å². The first-order chi connectivity index (χ1) is 9.56. The van der Waals surface area contributed by atoms with E-state index in [0.29, 0.717) is 40.6 Å². The van der Waals surface area contributed by atoms with Crippen LogP contribution >= 0.6 is 11.6 Å². The maximum atomic E-state index is 11.0. The number of carbonyl (C=O) groups is 1. The van der Waals surface area contributed by atoms with Gasteiger partial charge in [-0.15, -0.1) is 0 Å². The van der Waals surface area contributed by atoms with Crippen LogP contribution in [0, 0.1) is 0 Å². The standard InChI is InChI=1S/C14H14ClNO4/c1-3-19-12-5-8-9(15)6-11(14(17)18)16-10(8)7-13(12)20-4-2/h5-7H,3-4H2,1-2H3,(H,17,18). The van der Waals surface area contributed by atoms with E-state index in [2.05, 4.69) is 4.98 Å². The second-order valence-corrected chi connectivity index (χ2v) is 4.38. The van der Waals surface area contributed by atoms with Gasteiger partial charge in [0.05, 0.1) is 23.8 Å². The van der Waals surface area contributed by atoms with E-state index in [4.69, 9.17) is 26.2 Å². The lowest BCUT2D eigenvalue weighted by molar-refractivity contribution is 0.0691. The number of benzene rings is 1. The highest BCUT2D eigenvalue weighted by Crippen LogP contribution is 2.35. The molecule has 2 rings (SSSR count). The SMILES string of the molecule is CCOc1cc2nc(C(=O)O)cc(Cl)c2cc1OCC. The summed E-state index contributed by atoms with van der Waals surface area (Å²) in [5.41, 5.74) is 0.357. The third-order valence-electron chi connectivity index (χ3n) is 2.64. The molecule has 0 radical (unpaired) electrons. The number of nitrogens with zero attached hydrogens (tertiary/aromatic N) is 1. The van der Waals surface area contributed by atoms with Crippen molar-refractivity contribution in [1.29, 1.82) is 0 Å². The fraction of sp³-hybridized carbons (Fsp3) is 0.286. The number of hydrogen-bond donors (Lipinski definition) is 1. The molecular formula is C14H14ClNO4. The van der Waals surface area contributed by atoms with Gasteiger partial charge < -0.3 is 14.6 Å². The van der Waals surface area contributed by atoms with E-state index in [9.17, 15) is 4.79 Å². The monoisotopic (exact) mass is 295 g/mol. The summed E-state index contributed by atoms with van der Waals surface area (Å²) in [7, 11) is 0. The molecule has 0 aliphatic rings. The molecular weight excluding hydrogens is 282 g/mol. The predicted molar refractivity (Wildman–Crippen MR) is 76.1 cm³/mol. The fourth-order valence-electron chi connectivity index (χ4n) is 1.84. The minimum absolute atomic E-state index is 0.103. The van der Waals surface area contributed by atoms with Crippen LogP contribution in [0.3, 0.4) is 0 Å². The molecule has 1 aromatic heterocycles. The maximum absolute atomic E-state index is 11.0. The number of carboxylic acids is 1. The van der Waals surface area contributed by atoms with E-state index in [1.54, 1.807) is 12.1 Å². The lowest BCUT2D eigenvalue weighted by Gasteiger charge is -2.12. The Hall–Kier alpha value is -2.01. The van der Waals surface area contributed by atoms with Gasteiger partial charge in [-0.3, -0.25) is 0 Å².